The molecule has 2 aliphatic rings. The number of aliphatic hydroxyl groups is 2. The molecule has 2 aromatic rings. The highest BCUT2D eigenvalue weighted by atomic mass is 16.5. The molecule has 140 valence electrons. The average molecular weight is 361 g/mol. The summed E-state index contributed by atoms with van der Waals surface area (Å²) in [4.78, 5) is 25.3. The van der Waals surface area contributed by atoms with Gasteiger partial charge >= 0.3 is 0 Å². The topological polar surface area (TPSA) is 122 Å². The standard InChI is InChI=1S/C17H23N5O4/c23-7-12-11(24)6-13(26-12)22-9-20-14-15(18-8-19-16(14)22)21-17(25)10-4-2-1-3-5-10/h8-13,23-24H,1-7H2,(H,18,19,21,25)/t11-,12+,13+/m0/s1. The molecule has 2 aromatic heterocycles. The van der Waals surface area contributed by atoms with Gasteiger partial charge in [0.15, 0.2) is 17.0 Å². The predicted molar refractivity (Wildman–Crippen MR) is 92.1 cm³/mol. The van der Waals surface area contributed by atoms with Crippen molar-refractivity contribution < 1.29 is 19.7 Å². The van der Waals surface area contributed by atoms with Crippen molar-refractivity contribution in [3.8, 4) is 0 Å². The first kappa shape index (κ1) is 17.3. The number of hydrogen-bond donors (Lipinski definition) is 3. The summed E-state index contributed by atoms with van der Waals surface area (Å²) >= 11 is 0. The van der Waals surface area contributed by atoms with E-state index in [9.17, 15) is 15.0 Å². The Labute approximate surface area is 150 Å². The van der Waals surface area contributed by atoms with Crippen molar-refractivity contribution in [2.75, 3.05) is 11.9 Å². The van der Waals surface area contributed by atoms with Gasteiger partial charge in [0.05, 0.1) is 19.0 Å². The number of rotatable bonds is 4. The van der Waals surface area contributed by atoms with Crippen LogP contribution in [0.15, 0.2) is 12.7 Å². The summed E-state index contributed by atoms with van der Waals surface area (Å²) in [6, 6.07) is 0. The van der Waals surface area contributed by atoms with E-state index in [-0.39, 0.29) is 18.4 Å². The van der Waals surface area contributed by atoms with Gasteiger partial charge in [-0.3, -0.25) is 9.36 Å². The highest BCUT2D eigenvalue weighted by molar-refractivity contribution is 5.97. The zero-order valence-corrected chi connectivity index (χ0v) is 14.4. The Hall–Kier alpha value is -2.10. The van der Waals surface area contributed by atoms with E-state index in [1.165, 1.54) is 12.7 Å². The minimum atomic E-state index is -0.741. The molecule has 0 aromatic carbocycles. The maximum Gasteiger partial charge on any atom is 0.228 e. The minimum Gasteiger partial charge on any atom is -0.394 e. The summed E-state index contributed by atoms with van der Waals surface area (Å²) in [6.45, 7) is -0.248. The molecule has 9 nitrogen and oxygen atoms in total. The number of nitrogens with one attached hydrogen (secondary N) is 1. The fourth-order valence-corrected chi connectivity index (χ4v) is 3.79. The number of fused-ring (bicyclic) bond motifs is 1. The van der Waals surface area contributed by atoms with Crippen molar-refractivity contribution >= 4 is 22.9 Å². The Morgan fingerprint density at radius 3 is 2.81 bits per heavy atom. The third-order valence-corrected chi connectivity index (χ3v) is 5.27. The van der Waals surface area contributed by atoms with Gasteiger partial charge in [-0.25, -0.2) is 15.0 Å². The van der Waals surface area contributed by atoms with Gasteiger partial charge in [0.25, 0.3) is 0 Å². The first-order valence-corrected chi connectivity index (χ1v) is 9.10. The Morgan fingerprint density at radius 1 is 1.27 bits per heavy atom. The van der Waals surface area contributed by atoms with Crippen LogP contribution in [0.2, 0.25) is 0 Å². The number of aliphatic hydroxyl groups excluding tert-OH is 2. The molecule has 3 atom stereocenters. The molecule has 4 rings (SSSR count). The molecule has 1 saturated carbocycles. The summed E-state index contributed by atoms with van der Waals surface area (Å²) in [7, 11) is 0. The lowest BCUT2D eigenvalue weighted by atomic mass is 9.89. The molecule has 3 N–H and O–H groups in total. The Kier molecular flexibility index (Phi) is 4.84. The Balaban J connectivity index is 1.56. The maximum atomic E-state index is 12.5. The number of hydrogen-bond acceptors (Lipinski definition) is 7. The molecular weight excluding hydrogens is 338 g/mol. The quantitative estimate of drug-likeness (QED) is 0.742. The third-order valence-electron chi connectivity index (χ3n) is 5.27. The van der Waals surface area contributed by atoms with Gasteiger partial charge in [-0.05, 0) is 12.8 Å². The van der Waals surface area contributed by atoms with Crippen LogP contribution >= 0.6 is 0 Å². The van der Waals surface area contributed by atoms with Crippen molar-refractivity contribution in [2.45, 2.75) is 57.0 Å². The Bertz CT molecular complexity index is 789. The van der Waals surface area contributed by atoms with Crippen LogP contribution in [0.3, 0.4) is 0 Å². The monoisotopic (exact) mass is 361 g/mol. The van der Waals surface area contributed by atoms with Crippen LogP contribution in [-0.2, 0) is 9.53 Å². The second kappa shape index (κ2) is 7.26. The number of ether oxygens (including phenoxy) is 1. The SMILES string of the molecule is O=C(Nc1ncnc2c1ncn2[C@H]1C[C@H](O)[C@@H](CO)O1)C1CCCCC1. The molecule has 3 heterocycles. The van der Waals surface area contributed by atoms with E-state index in [1.54, 1.807) is 10.9 Å². The number of amides is 1. The summed E-state index contributed by atoms with van der Waals surface area (Å²) in [6.07, 6.45) is 6.62. The molecule has 0 radical (unpaired) electrons. The van der Waals surface area contributed by atoms with Gasteiger partial charge in [-0.1, -0.05) is 19.3 Å². The number of anilines is 1. The largest absolute Gasteiger partial charge is 0.394 e. The lowest BCUT2D eigenvalue weighted by Gasteiger charge is -2.20. The molecule has 9 heteroatoms. The van der Waals surface area contributed by atoms with E-state index in [0.717, 1.165) is 25.7 Å². The fraction of sp³-hybridized carbons (Fsp3) is 0.647. The van der Waals surface area contributed by atoms with E-state index in [0.29, 0.717) is 23.4 Å². The lowest BCUT2D eigenvalue weighted by Crippen LogP contribution is -2.25. The maximum absolute atomic E-state index is 12.5. The molecule has 26 heavy (non-hydrogen) atoms. The molecule has 1 amide bonds. The van der Waals surface area contributed by atoms with Crippen LogP contribution in [-0.4, -0.2) is 54.5 Å². The van der Waals surface area contributed by atoms with Crippen LogP contribution in [0, 0.1) is 5.92 Å². The van der Waals surface area contributed by atoms with Gasteiger partial charge in [0.1, 0.15) is 18.7 Å². The van der Waals surface area contributed by atoms with E-state index >= 15 is 0 Å². The molecule has 0 bridgehead atoms. The summed E-state index contributed by atoms with van der Waals surface area (Å²) < 4.78 is 7.37. The minimum absolute atomic E-state index is 0.0212. The molecule has 2 fully saturated rings. The predicted octanol–water partition coefficient (Wildman–Crippen LogP) is 0.986. The highest BCUT2D eigenvalue weighted by Crippen LogP contribution is 2.32. The van der Waals surface area contributed by atoms with Crippen LogP contribution in [0.25, 0.3) is 11.2 Å². The number of carbonyl (C=O) groups is 1. The summed E-state index contributed by atoms with van der Waals surface area (Å²) in [5.41, 5.74) is 1.01. The smallest absolute Gasteiger partial charge is 0.228 e. The van der Waals surface area contributed by atoms with E-state index < -0.39 is 18.4 Å². The molecule has 1 aliphatic heterocycles. The second-order valence-electron chi connectivity index (χ2n) is 6.99. The van der Waals surface area contributed by atoms with Gasteiger partial charge < -0.3 is 20.3 Å². The molecule has 1 saturated heterocycles. The first-order chi connectivity index (χ1) is 12.7. The summed E-state index contributed by atoms with van der Waals surface area (Å²) in [5, 5.41) is 22.1. The van der Waals surface area contributed by atoms with Gasteiger partial charge in [0.2, 0.25) is 5.91 Å². The van der Waals surface area contributed by atoms with Crippen LogP contribution in [0.4, 0.5) is 5.82 Å². The van der Waals surface area contributed by atoms with Crippen molar-refractivity contribution in [2.24, 2.45) is 5.92 Å². The van der Waals surface area contributed by atoms with Crippen LogP contribution in [0.1, 0.15) is 44.8 Å². The molecule has 1 aliphatic carbocycles. The van der Waals surface area contributed by atoms with E-state index in [1.807, 2.05) is 0 Å². The zero-order chi connectivity index (χ0) is 18.1. The second-order valence-corrected chi connectivity index (χ2v) is 6.99. The van der Waals surface area contributed by atoms with Crippen molar-refractivity contribution in [1.29, 1.82) is 0 Å². The highest BCUT2D eigenvalue weighted by Gasteiger charge is 2.35. The fourth-order valence-electron chi connectivity index (χ4n) is 3.79. The van der Waals surface area contributed by atoms with Crippen molar-refractivity contribution in [1.82, 2.24) is 19.5 Å². The Morgan fingerprint density at radius 2 is 2.08 bits per heavy atom. The van der Waals surface area contributed by atoms with E-state index in [4.69, 9.17) is 4.74 Å². The average Bonchev–Trinajstić information content (AvgIpc) is 3.26. The number of aromatic nitrogens is 4. The molecule has 0 spiro atoms. The first-order valence-electron chi connectivity index (χ1n) is 9.10. The van der Waals surface area contributed by atoms with Crippen LogP contribution in [0.5, 0.6) is 0 Å². The molecular formula is C17H23N5O4. The number of carbonyl (C=O) groups excluding carboxylic acids is 1. The van der Waals surface area contributed by atoms with Crippen LogP contribution < -0.4 is 5.32 Å². The number of imidazole rings is 1. The third kappa shape index (κ3) is 3.17. The van der Waals surface area contributed by atoms with Crippen molar-refractivity contribution in [3.05, 3.63) is 12.7 Å². The molecule has 0 unspecified atom stereocenters. The van der Waals surface area contributed by atoms with Gasteiger partial charge in [-0.2, -0.15) is 0 Å². The van der Waals surface area contributed by atoms with E-state index in [2.05, 4.69) is 20.3 Å². The number of nitrogens with zero attached hydrogens (tertiary/aromatic N) is 4. The van der Waals surface area contributed by atoms with Gasteiger partial charge in [-0.15, -0.1) is 0 Å². The van der Waals surface area contributed by atoms with Crippen molar-refractivity contribution in [3.63, 3.8) is 0 Å². The zero-order valence-electron chi connectivity index (χ0n) is 14.4. The summed E-state index contributed by atoms with van der Waals surface area (Å²) in [5.74, 6) is 0.392. The van der Waals surface area contributed by atoms with Gasteiger partial charge in [0, 0.05) is 12.3 Å². The lowest BCUT2D eigenvalue weighted by molar-refractivity contribution is -0.120. The normalized spacial score (nSPS) is 27.1.